The van der Waals surface area contributed by atoms with Crippen LogP contribution in [0.25, 0.3) is 0 Å². The molecule has 0 fully saturated rings. The predicted octanol–water partition coefficient (Wildman–Crippen LogP) is 4.19. The van der Waals surface area contributed by atoms with Crippen LogP contribution in [0.4, 0.5) is 0 Å². The fourth-order valence-corrected chi connectivity index (χ4v) is 2.76. The van der Waals surface area contributed by atoms with Crippen molar-refractivity contribution in [2.75, 3.05) is 6.54 Å². The van der Waals surface area contributed by atoms with Crippen LogP contribution in [0.15, 0.2) is 46.9 Å². The molecule has 0 heterocycles. The van der Waals surface area contributed by atoms with Crippen molar-refractivity contribution in [1.82, 2.24) is 0 Å². The number of hydrogen-bond donors (Lipinski definition) is 2. The number of benzene rings is 2. The molecule has 4 heteroatoms. The summed E-state index contributed by atoms with van der Waals surface area (Å²) >= 11 is 9.53. The number of aliphatic hydroxyl groups is 1. The summed E-state index contributed by atoms with van der Waals surface area (Å²) in [5, 5.41) is 11.3. The van der Waals surface area contributed by atoms with E-state index in [9.17, 15) is 5.11 Å². The zero-order chi connectivity index (χ0) is 14.7. The molecule has 106 valence electrons. The summed E-state index contributed by atoms with van der Waals surface area (Å²) in [6.07, 6.45) is -0.667. The van der Waals surface area contributed by atoms with E-state index in [4.69, 9.17) is 17.3 Å². The Morgan fingerprint density at radius 3 is 2.45 bits per heavy atom. The first-order valence-electron chi connectivity index (χ1n) is 6.43. The number of hydrogen-bond acceptors (Lipinski definition) is 2. The highest BCUT2D eigenvalue weighted by molar-refractivity contribution is 9.10. The van der Waals surface area contributed by atoms with Crippen molar-refractivity contribution < 1.29 is 5.11 Å². The van der Waals surface area contributed by atoms with Crippen molar-refractivity contribution in [3.8, 4) is 0 Å². The fraction of sp³-hybridized carbons (Fsp3) is 0.250. The molecule has 0 saturated heterocycles. The van der Waals surface area contributed by atoms with Crippen LogP contribution in [0.3, 0.4) is 0 Å². The first-order valence-corrected chi connectivity index (χ1v) is 7.60. The van der Waals surface area contributed by atoms with Crippen LogP contribution in [0.1, 0.15) is 28.7 Å². The summed E-state index contributed by atoms with van der Waals surface area (Å²) < 4.78 is 1.01. The van der Waals surface area contributed by atoms with Gasteiger partial charge in [0.05, 0.1) is 6.10 Å². The molecular weight excluding hydrogens is 338 g/mol. The van der Waals surface area contributed by atoms with E-state index in [1.54, 1.807) is 0 Å². The van der Waals surface area contributed by atoms with Gasteiger partial charge in [0.25, 0.3) is 0 Å². The minimum Gasteiger partial charge on any atom is -0.388 e. The fourth-order valence-electron chi connectivity index (χ4n) is 2.32. The van der Waals surface area contributed by atoms with E-state index >= 15 is 0 Å². The van der Waals surface area contributed by atoms with E-state index < -0.39 is 6.10 Å². The molecule has 0 bridgehead atoms. The van der Waals surface area contributed by atoms with E-state index in [1.165, 1.54) is 0 Å². The lowest BCUT2D eigenvalue weighted by Crippen LogP contribution is -2.20. The Balaban J connectivity index is 2.36. The van der Waals surface area contributed by atoms with Gasteiger partial charge >= 0.3 is 0 Å². The molecule has 2 aromatic rings. The Kier molecular flexibility index (Phi) is 5.22. The summed E-state index contributed by atoms with van der Waals surface area (Å²) in [7, 11) is 0. The smallest absolute Gasteiger partial charge is 0.0873 e. The third-order valence-corrected chi connectivity index (χ3v) is 4.50. The highest BCUT2D eigenvalue weighted by atomic mass is 79.9. The lowest BCUT2D eigenvalue weighted by atomic mass is 9.87. The first-order chi connectivity index (χ1) is 9.54. The molecule has 0 radical (unpaired) electrons. The molecule has 0 aliphatic rings. The highest BCUT2D eigenvalue weighted by Crippen LogP contribution is 2.34. The minimum absolute atomic E-state index is 0.153. The van der Waals surface area contributed by atoms with Crippen LogP contribution in [0.2, 0.25) is 5.02 Å². The van der Waals surface area contributed by atoms with Crippen molar-refractivity contribution in [3.05, 3.63) is 68.7 Å². The molecule has 2 unspecified atom stereocenters. The summed E-state index contributed by atoms with van der Waals surface area (Å²) in [5.74, 6) is -0.153. The second kappa shape index (κ2) is 6.72. The normalized spacial score (nSPS) is 14.1. The van der Waals surface area contributed by atoms with E-state index in [0.717, 1.165) is 21.2 Å². The molecule has 0 aliphatic heterocycles. The van der Waals surface area contributed by atoms with Crippen molar-refractivity contribution >= 4 is 27.5 Å². The molecule has 0 spiro atoms. The number of nitrogens with two attached hydrogens (primary N) is 1. The molecule has 0 amide bonds. The average molecular weight is 355 g/mol. The Labute approximate surface area is 132 Å². The van der Waals surface area contributed by atoms with Gasteiger partial charge in [0.15, 0.2) is 0 Å². The SMILES string of the molecule is Cc1c(Cl)cccc1C(O)C(CN)c1ccc(Br)cc1. The van der Waals surface area contributed by atoms with Crippen molar-refractivity contribution in [2.45, 2.75) is 18.9 Å². The molecule has 0 aliphatic carbocycles. The first kappa shape index (κ1) is 15.5. The van der Waals surface area contributed by atoms with Gasteiger partial charge < -0.3 is 10.8 Å². The van der Waals surface area contributed by atoms with Crippen molar-refractivity contribution in [1.29, 1.82) is 0 Å². The van der Waals surface area contributed by atoms with Crippen LogP contribution in [-0.4, -0.2) is 11.7 Å². The van der Waals surface area contributed by atoms with E-state index in [-0.39, 0.29) is 5.92 Å². The molecule has 3 N–H and O–H groups in total. The topological polar surface area (TPSA) is 46.2 Å². The third kappa shape index (κ3) is 3.23. The van der Waals surface area contributed by atoms with Gasteiger partial charge in [0, 0.05) is 22.0 Å². The van der Waals surface area contributed by atoms with Crippen molar-refractivity contribution in [2.24, 2.45) is 5.73 Å². The highest BCUT2D eigenvalue weighted by Gasteiger charge is 2.23. The Morgan fingerprint density at radius 2 is 1.85 bits per heavy atom. The number of halogens is 2. The molecule has 0 saturated carbocycles. The maximum absolute atomic E-state index is 10.7. The van der Waals surface area contributed by atoms with Crippen LogP contribution >= 0.6 is 27.5 Å². The van der Waals surface area contributed by atoms with E-state index in [1.807, 2.05) is 49.4 Å². The number of rotatable bonds is 4. The van der Waals surface area contributed by atoms with Crippen LogP contribution in [-0.2, 0) is 0 Å². The average Bonchev–Trinajstić information content (AvgIpc) is 2.44. The minimum atomic E-state index is -0.667. The Hall–Kier alpha value is -0.870. The van der Waals surface area contributed by atoms with Gasteiger partial charge in [0.2, 0.25) is 0 Å². The van der Waals surface area contributed by atoms with Gasteiger partial charge in [-0.1, -0.05) is 51.8 Å². The van der Waals surface area contributed by atoms with Gasteiger partial charge in [-0.3, -0.25) is 0 Å². The van der Waals surface area contributed by atoms with E-state index in [2.05, 4.69) is 15.9 Å². The van der Waals surface area contributed by atoms with Gasteiger partial charge in [-0.05, 0) is 41.8 Å². The Bertz CT molecular complexity index is 586. The van der Waals surface area contributed by atoms with Gasteiger partial charge in [-0.2, -0.15) is 0 Å². The molecule has 2 rings (SSSR count). The quantitative estimate of drug-likeness (QED) is 0.865. The zero-order valence-electron chi connectivity index (χ0n) is 11.2. The summed E-state index contributed by atoms with van der Waals surface area (Å²) in [4.78, 5) is 0. The predicted molar refractivity (Wildman–Crippen MR) is 87.1 cm³/mol. The summed E-state index contributed by atoms with van der Waals surface area (Å²) in [6, 6.07) is 13.4. The standard InChI is InChI=1S/C16H17BrClNO/c1-10-13(3-2-4-15(10)18)16(20)14(9-19)11-5-7-12(17)8-6-11/h2-8,14,16,20H,9,19H2,1H3. The maximum atomic E-state index is 10.7. The second-order valence-corrected chi connectivity index (χ2v) is 6.12. The van der Waals surface area contributed by atoms with Gasteiger partial charge in [-0.25, -0.2) is 0 Å². The lowest BCUT2D eigenvalue weighted by molar-refractivity contribution is 0.147. The number of aliphatic hydroxyl groups excluding tert-OH is 1. The summed E-state index contributed by atoms with van der Waals surface area (Å²) in [6.45, 7) is 2.28. The van der Waals surface area contributed by atoms with Gasteiger partial charge in [0.1, 0.15) is 0 Å². The third-order valence-electron chi connectivity index (χ3n) is 3.56. The molecular formula is C16H17BrClNO. The van der Waals surface area contributed by atoms with Gasteiger partial charge in [-0.15, -0.1) is 0 Å². The molecule has 2 aromatic carbocycles. The second-order valence-electron chi connectivity index (χ2n) is 4.79. The summed E-state index contributed by atoms with van der Waals surface area (Å²) in [5.41, 5.74) is 8.61. The molecule has 20 heavy (non-hydrogen) atoms. The molecule has 2 atom stereocenters. The lowest BCUT2D eigenvalue weighted by Gasteiger charge is -2.24. The monoisotopic (exact) mass is 353 g/mol. The van der Waals surface area contributed by atoms with E-state index in [0.29, 0.717) is 11.6 Å². The maximum Gasteiger partial charge on any atom is 0.0873 e. The van der Waals surface area contributed by atoms with Crippen LogP contribution < -0.4 is 5.73 Å². The Morgan fingerprint density at radius 1 is 1.20 bits per heavy atom. The molecule has 0 aromatic heterocycles. The van der Waals surface area contributed by atoms with Crippen LogP contribution in [0, 0.1) is 6.92 Å². The zero-order valence-corrected chi connectivity index (χ0v) is 13.5. The largest absolute Gasteiger partial charge is 0.388 e. The molecule has 2 nitrogen and oxygen atoms in total. The van der Waals surface area contributed by atoms with Crippen molar-refractivity contribution in [3.63, 3.8) is 0 Å². The van der Waals surface area contributed by atoms with Crippen LogP contribution in [0.5, 0.6) is 0 Å².